The van der Waals surface area contributed by atoms with Crippen LogP contribution < -0.4 is 9.50 Å². The van der Waals surface area contributed by atoms with E-state index in [9.17, 15) is 31.2 Å². The van der Waals surface area contributed by atoms with E-state index in [-0.39, 0.29) is 29.2 Å². The molecular weight excluding hydrogens is 558 g/mol. The number of hydrogen-bond donors (Lipinski definition) is 1. The highest BCUT2D eigenvalue weighted by Gasteiger charge is 2.49. The molecule has 40 heavy (non-hydrogen) atoms. The van der Waals surface area contributed by atoms with Gasteiger partial charge in [-0.25, -0.2) is 9.18 Å². The third-order valence-corrected chi connectivity index (χ3v) is 6.85. The van der Waals surface area contributed by atoms with Gasteiger partial charge in [0.15, 0.2) is 5.75 Å². The van der Waals surface area contributed by atoms with Crippen molar-refractivity contribution >= 4 is 22.2 Å². The first-order valence-electron chi connectivity index (χ1n) is 12.5. The summed E-state index contributed by atoms with van der Waals surface area (Å²) in [6.45, 7) is 7.99. The molecule has 0 aliphatic heterocycles. The van der Waals surface area contributed by atoms with Crippen molar-refractivity contribution in [2.45, 2.75) is 77.0 Å². The Balaban J connectivity index is 2.13. The summed E-state index contributed by atoms with van der Waals surface area (Å²) in [6.07, 6.45) is 0.142. The van der Waals surface area contributed by atoms with E-state index >= 15 is 4.39 Å². The molecule has 0 bridgehead atoms. The van der Waals surface area contributed by atoms with Crippen LogP contribution in [0, 0.1) is 12.7 Å². The van der Waals surface area contributed by atoms with Crippen LogP contribution in [0.4, 0.5) is 22.4 Å². The Hall–Kier alpha value is -3.35. The van der Waals surface area contributed by atoms with Crippen LogP contribution in [0.5, 0.6) is 5.75 Å². The van der Waals surface area contributed by atoms with E-state index in [0.29, 0.717) is 11.1 Å². The lowest BCUT2D eigenvalue weighted by Gasteiger charge is -2.24. The summed E-state index contributed by atoms with van der Waals surface area (Å²) in [5.74, 6) is -2.11. The third kappa shape index (κ3) is 7.86. The van der Waals surface area contributed by atoms with Crippen molar-refractivity contribution in [2.24, 2.45) is 0 Å². The molecule has 2 aromatic carbocycles. The number of alkyl halides is 3. The van der Waals surface area contributed by atoms with Crippen LogP contribution in [-0.2, 0) is 24.4 Å². The van der Waals surface area contributed by atoms with E-state index in [1.165, 1.54) is 18.2 Å². The third-order valence-electron chi connectivity index (χ3n) is 5.88. The number of rotatable bonds is 9. The minimum absolute atomic E-state index is 0.0226. The summed E-state index contributed by atoms with van der Waals surface area (Å²) >= 11 is 0. The zero-order valence-corrected chi connectivity index (χ0v) is 23.5. The van der Waals surface area contributed by atoms with Gasteiger partial charge in [-0.15, -0.1) is 0 Å². The molecular formula is C27H31F4NO7S. The van der Waals surface area contributed by atoms with Crippen LogP contribution in [0.25, 0.3) is 11.1 Å². The maximum absolute atomic E-state index is 15.1. The van der Waals surface area contributed by atoms with E-state index in [1.54, 1.807) is 40.7 Å². The summed E-state index contributed by atoms with van der Waals surface area (Å²) in [5, 5.41) is 2.44. The van der Waals surface area contributed by atoms with Gasteiger partial charge in [-0.3, -0.25) is 4.79 Å². The summed E-state index contributed by atoms with van der Waals surface area (Å²) in [4.78, 5) is 24.8. The topological polar surface area (TPSA) is 108 Å². The molecule has 0 saturated heterocycles. The molecule has 0 aromatic heterocycles. The molecule has 0 spiro atoms. The van der Waals surface area contributed by atoms with Crippen molar-refractivity contribution in [3.05, 3.63) is 52.8 Å². The second kappa shape index (κ2) is 11.6. The highest BCUT2D eigenvalue weighted by molar-refractivity contribution is 7.88. The summed E-state index contributed by atoms with van der Waals surface area (Å²) in [6, 6.07) is 5.10. The van der Waals surface area contributed by atoms with Crippen molar-refractivity contribution in [1.29, 1.82) is 0 Å². The number of carbonyl (C=O) groups excluding carboxylic acids is 2. The van der Waals surface area contributed by atoms with E-state index < -0.39 is 57.3 Å². The Kier molecular flexibility index (Phi) is 9.07. The molecule has 8 nitrogen and oxygen atoms in total. The molecule has 1 amide bonds. The first-order chi connectivity index (χ1) is 18.4. The number of alkyl carbamates (subject to hydrolysis) is 1. The minimum atomic E-state index is -6.02. The Morgan fingerprint density at radius 3 is 2.30 bits per heavy atom. The van der Waals surface area contributed by atoms with Gasteiger partial charge in [0.2, 0.25) is 0 Å². The van der Waals surface area contributed by atoms with Crippen LogP contribution in [0.15, 0.2) is 30.3 Å². The first kappa shape index (κ1) is 31.2. The maximum atomic E-state index is 15.1. The molecule has 0 unspecified atom stereocenters. The monoisotopic (exact) mass is 589 g/mol. The molecule has 1 saturated carbocycles. The van der Waals surface area contributed by atoms with Crippen molar-refractivity contribution in [2.75, 3.05) is 6.61 Å². The van der Waals surface area contributed by atoms with Crippen LogP contribution in [0.3, 0.4) is 0 Å². The molecule has 1 atom stereocenters. The second-order valence-electron chi connectivity index (χ2n) is 10.4. The molecule has 0 heterocycles. The van der Waals surface area contributed by atoms with E-state index in [2.05, 4.69) is 9.50 Å². The molecule has 0 radical (unpaired) electrons. The zero-order chi connectivity index (χ0) is 30.0. The van der Waals surface area contributed by atoms with Gasteiger partial charge in [-0.05, 0) is 88.3 Å². The largest absolute Gasteiger partial charge is 0.534 e. The minimum Gasteiger partial charge on any atom is -0.466 e. The maximum Gasteiger partial charge on any atom is 0.534 e. The highest BCUT2D eigenvalue weighted by atomic mass is 32.2. The Labute approximate surface area is 230 Å². The second-order valence-corrected chi connectivity index (χ2v) is 12.0. The lowest BCUT2D eigenvalue weighted by atomic mass is 9.92. The van der Waals surface area contributed by atoms with Crippen molar-refractivity contribution in [1.82, 2.24) is 5.32 Å². The number of benzene rings is 2. The summed E-state index contributed by atoms with van der Waals surface area (Å²) in [5.41, 5.74) is -5.71. The van der Waals surface area contributed by atoms with Crippen LogP contribution in [0.1, 0.15) is 75.6 Å². The van der Waals surface area contributed by atoms with Crippen LogP contribution >= 0.6 is 0 Å². The van der Waals surface area contributed by atoms with E-state index in [0.717, 1.165) is 18.9 Å². The van der Waals surface area contributed by atoms with Gasteiger partial charge in [0.25, 0.3) is 0 Å². The zero-order valence-electron chi connectivity index (χ0n) is 22.6. The lowest BCUT2D eigenvalue weighted by molar-refractivity contribution is -0.143. The molecule has 220 valence electrons. The SMILES string of the molecule is CCOC(=O)C[C@H](NC(=O)OC(C)(C)C)c1cc(-c2c(C)cc(C3CC3)cc2OS(=O)(=O)C(F)(F)F)ccc1F. The fraction of sp³-hybridized carbons (Fsp3) is 0.481. The van der Waals surface area contributed by atoms with E-state index in [4.69, 9.17) is 9.47 Å². The van der Waals surface area contributed by atoms with Gasteiger partial charge in [0, 0.05) is 11.1 Å². The molecule has 13 heteroatoms. The summed E-state index contributed by atoms with van der Waals surface area (Å²) in [7, 11) is -6.02. The van der Waals surface area contributed by atoms with Gasteiger partial charge < -0.3 is 19.0 Å². The lowest BCUT2D eigenvalue weighted by Crippen LogP contribution is -2.36. The number of hydrogen-bond acceptors (Lipinski definition) is 7. The molecule has 1 aliphatic carbocycles. The van der Waals surface area contributed by atoms with Gasteiger partial charge in [0.1, 0.15) is 11.4 Å². The molecule has 2 aromatic rings. The first-order valence-corrected chi connectivity index (χ1v) is 13.9. The van der Waals surface area contributed by atoms with Crippen molar-refractivity contribution in [3.63, 3.8) is 0 Å². The molecule has 3 rings (SSSR count). The Morgan fingerprint density at radius 2 is 1.75 bits per heavy atom. The molecule has 1 fully saturated rings. The van der Waals surface area contributed by atoms with E-state index in [1.807, 2.05) is 0 Å². The standard InChI is InChI=1S/C27H31F4NO7S/c1-6-37-23(33)14-21(32-25(34)38-26(3,4)5)19-12-17(9-10-20(19)28)24-15(2)11-18(16-7-8-16)13-22(24)39-40(35,36)27(29,30)31/h9-13,16,21H,6-8,14H2,1-5H3,(H,32,34)/t21-/m0/s1. The smallest absolute Gasteiger partial charge is 0.466 e. The van der Waals surface area contributed by atoms with Gasteiger partial charge in [-0.1, -0.05) is 12.1 Å². The van der Waals surface area contributed by atoms with Gasteiger partial charge in [-0.2, -0.15) is 21.6 Å². The highest BCUT2D eigenvalue weighted by Crippen LogP contribution is 2.46. The Morgan fingerprint density at radius 1 is 1.10 bits per heavy atom. The number of esters is 1. The normalized spacial score (nSPS) is 14.8. The number of ether oxygens (including phenoxy) is 2. The number of amides is 1. The van der Waals surface area contributed by atoms with Crippen molar-refractivity contribution in [3.8, 4) is 16.9 Å². The number of halogens is 4. The number of nitrogens with one attached hydrogen (secondary N) is 1. The van der Waals surface area contributed by atoms with Crippen LogP contribution in [0.2, 0.25) is 0 Å². The fourth-order valence-electron chi connectivity index (χ4n) is 4.08. The van der Waals surface area contributed by atoms with Gasteiger partial charge in [0.05, 0.1) is 19.1 Å². The molecule has 1 aliphatic rings. The van der Waals surface area contributed by atoms with Crippen molar-refractivity contribution < 1.29 is 49.2 Å². The number of carbonyl (C=O) groups is 2. The predicted octanol–water partition coefficient (Wildman–Crippen LogP) is 6.43. The average molecular weight is 590 g/mol. The molecule has 1 N–H and O–H groups in total. The number of aryl methyl sites for hydroxylation is 1. The quantitative estimate of drug-likeness (QED) is 0.156. The summed E-state index contributed by atoms with van der Waals surface area (Å²) < 4.78 is 93.4. The predicted molar refractivity (Wildman–Crippen MR) is 138 cm³/mol. The van der Waals surface area contributed by atoms with Gasteiger partial charge >= 0.3 is 27.7 Å². The fourth-order valence-corrected chi connectivity index (χ4v) is 4.54. The Bertz CT molecular complexity index is 1380. The van der Waals surface area contributed by atoms with Crippen LogP contribution in [-0.4, -0.2) is 38.2 Å². The average Bonchev–Trinajstić information content (AvgIpc) is 3.62.